The van der Waals surface area contributed by atoms with Crippen molar-refractivity contribution in [1.29, 1.82) is 0 Å². The van der Waals surface area contributed by atoms with Gasteiger partial charge in [0.15, 0.2) is 6.61 Å². The van der Waals surface area contributed by atoms with Crippen molar-refractivity contribution in [3.63, 3.8) is 0 Å². The largest absolute Gasteiger partial charge is 0.483 e. The highest BCUT2D eigenvalue weighted by Crippen LogP contribution is 2.24. The number of aryl methyl sites for hydroxylation is 3. The van der Waals surface area contributed by atoms with Crippen molar-refractivity contribution in [2.75, 3.05) is 11.9 Å². The number of carbonyl (C=O) groups is 1. The van der Waals surface area contributed by atoms with Crippen LogP contribution < -0.4 is 15.6 Å². The van der Waals surface area contributed by atoms with E-state index in [-0.39, 0.29) is 18.1 Å². The summed E-state index contributed by atoms with van der Waals surface area (Å²) in [6.45, 7) is 5.93. The number of carbonyl (C=O) groups excluding carboxylic acids is 1. The monoisotopic (exact) mass is 459 g/mol. The Bertz CT molecular complexity index is 1360. The number of nitrogens with zero attached hydrogens (tertiary/aromatic N) is 1. The molecule has 0 fully saturated rings. The number of H-pyrrole nitrogens is 1. The molecular formula is C26H25N3O3S. The molecule has 4 rings (SSSR count). The lowest BCUT2D eigenvalue weighted by molar-refractivity contribution is -0.118. The first-order valence-electron chi connectivity index (χ1n) is 10.6. The van der Waals surface area contributed by atoms with Crippen LogP contribution in [-0.4, -0.2) is 22.5 Å². The Kier molecular flexibility index (Phi) is 6.79. The molecule has 2 N–H and O–H groups in total. The Morgan fingerprint density at radius 1 is 1.00 bits per heavy atom. The number of fused-ring (bicyclic) bond motifs is 1. The molecular weight excluding hydrogens is 434 g/mol. The van der Waals surface area contributed by atoms with Gasteiger partial charge in [0, 0.05) is 16.3 Å². The highest BCUT2D eigenvalue weighted by Gasteiger charge is 2.09. The van der Waals surface area contributed by atoms with Gasteiger partial charge in [-0.15, -0.1) is 11.8 Å². The molecule has 6 nitrogen and oxygen atoms in total. The van der Waals surface area contributed by atoms with Gasteiger partial charge in [0.25, 0.3) is 11.5 Å². The van der Waals surface area contributed by atoms with Gasteiger partial charge in [-0.05, 0) is 79.9 Å². The minimum Gasteiger partial charge on any atom is -0.483 e. The molecule has 168 valence electrons. The van der Waals surface area contributed by atoms with E-state index < -0.39 is 0 Å². The Labute approximate surface area is 196 Å². The van der Waals surface area contributed by atoms with Crippen molar-refractivity contribution >= 4 is 34.4 Å². The molecule has 0 radical (unpaired) electrons. The Morgan fingerprint density at radius 3 is 2.48 bits per heavy atom. The Balaban J connectivity index is 1.34. The SMILES string of the molecule is Cc1cc2nc(CSc3ccc(NC(=O)COc4ccccc4C)cc3)c(=O)[nH]c2cc1C. The summed E-state index contributed by atoms with van der Waals surface area (Å²) in [4.78, 5) is 33.1. The number of hydrogen-bond acceptors (Lipinski definition) is 5. The predicted molar refractivity (Wildman–Crippen MR) is 133 cm³/mol. The normalized spacial score (nSPS) is 10.9. The molecule has 1 aromatic heterocycles. The third-order valence-electron chi connectivity index (χ3n) is 5.34. The van der Waals surface area contributed by atoms with Gasteiger partial charge >= 0.3 is 0 Å². The summed E-state index contributed by atoms with van der Waals surface area (Å²) in [5, 5.41) is 2.83. The zero-order valence-corrected chi connectivity index (χ0v) is 19.6. The fourth-order valence-corrected chi connectivity index (χ4v) is 4.15. The number of hydrogen-bond donors (Lipinski definition) is 2. The number of para-hydroxylation sites is 1. The number of aromatic amines is 1. The maximum Gasteiger partial charge on any atom is 0.271 e. The molecule has 33 heavy (non-hydrogen) atoms. The molecule has 0 aliphatic rings. The summed E-state index contributed by atoms with van der Waals surface area (Å²) in [6, 6.07) is 19.0. The average molecular weight is 460 g/mol. The maximum absolute atomic E-state index is 12.4. The minimum absolute atomic E-state index is 0.0588. The summed E-state index contributed by atoms with van der Waals surface area (Å²) in [7, 11) is 0. The Morgan fingerprint density at radius 2 is 1.73 bits per heavy atom. The van der Waals surface area contributed by atoms with Gasteiger partial charge < -0.3 is 15.0 Å². The molecule has 0 aliphatic carbocycles. The van der Waals surface area contributed by atoms with E-state index >= 15 is 0 Å². The third kappa shape index (κ3) is 5.62. The van der Waals surface area contributed by atoms with E-state index in [2.05, 4.69) is 15.3 Å². The van der Waals surface area contributed by atoms with E-state index in [0.29, 0.717) is 22.9 Å². The number of anilines is 1. The van der Waals surface area contributed by atoms with Crippen LogP contribution in [0.4, 0.5) is 5.69 Å². The predicted octanol–water partition coefficient (Wildman–Crippen LogP) is 5.16. The molecule has 4 aromatic rings. The summed E-state index contributed by atoms with van der Waals surface area (Å²) in [6.07, 6.45) is 0. The second-order valence-electron chi connectivity index (χ2n) is 7.88. The first-order chi connectivity index (χ1) is 15.9. The number of ether oxygens (including phenoxy) is 1. The number of aromatic nitrogens is 2. The minimum atomic E-state index is -0.226. The number of nitrogens with one attached hydrogen (secondary N) is 2. The van der Waals surface area contributed by atoms with Crippen molar-refractivity contribution in [2.24, 2.45) is 0 Å². The van der Waals surface area contributed by atoms with Crippen LogP contribution in [-0.2, 0) is 10.5 Å². The number of amides is 1. The summed E-state index contributed by atoms with van der Waals surface area (Å²) in [5.41, 5.74) is 5.79. The van der Waals surface area contributed by atoms with E-state index in [0.717, 1.165) is 32.6 Å². The molecule has 0 atom stereocenters. The highest BCUT2D eigenvalue weighted by atomic mass is 32.2. The standard InChI is InChI=1S/C26H25N3O3S/c1-16-6-4-5-7-24(16)32-14-25(30)27-19-8-10-20(11-9-19)33-15-23-26(31)29-22-13-18(3)17(2)12-21(22)28-23/h4-13H,14-15H2,1-3H3,(H,27,30)(H,29,31). The van der Waals surface area contributed by atoms with Crippen molar-refractivity contribution in [2.45, 2.75) is 31.4 Å². The summed E-state index contributed by atoms with van der Waals surface area (Å²) >= 11 is 1.52. The molecule has 7 heteroatoms. The third-order valence-corrected chi connectivity index (χ3v) is 6.37. The molecule has 1 heterocycles. The van der Waals surface area contributed by atoms with Gasteiger partial charge in [-0.25, -0.2) is 4.98 Å². The van der Waals surface area contributed by atoms with Crippen LogP contribution >= 0.6 is 11.8 Å². The van der Waals surface area contributed by atoms with Gasteiger partial charge in [0.1, 0.15) is 11.4 Å². The molecule has 1 amide bonds. The molecule has 0 saturated carbocycles. The smallest absolute Gasteiger partial charge is 0.271 e. The molecule has 0 aliphatic heterocycles. The van der Waals surface area contributed by atoms with E-state index in [1.807, 2.05) is 81.4 Å². The van der Waals surface area contributed by atoms with Gasteiger partial charge in [-0.3, -0.25) is 9.59 Å². The lowest BCUT2D eigenvalue weighted by Gasteiger charge is -2.10. The van der Waals surface area contributed by atoms with Crippen LogP contribution in [0.2, 0.25) is 0 Å². The zero-order valence-electron chi connectivity index (χ0n) is 18.8. The Hall–Kier alpha value is -3.58. The second-order valence-corrected chi connectivity index (χ2v) is 8.93. The maximum atomic E-state index is 12.4. The van der Waals surface area contributed by atoms with E-state index in [4.69, 9.17) is 4.74 Å². The van der Waals surface area contributed by atoms with Gasteiger partial charge in [0.05, 0.1) is 11.0 Å². The van der Waals surface area contributed by atoms with E-state index in [9.17, 15) is 9.59 Å². The van der Waals surface area contributed by atoms with Gasteiger partial charge in [-0.2, -0.15) is 0 Å². The highest BCUT2D eigenvalue weighted by molar-refractivity contribution is 7.98. The topological polar surface area (TPSA) is 84.1 Å². The zero-order chi connectivity index (χ0) is 23.4. The second kappa shape index (κ2) is 9.92. The first-order valence-corrected chi connectivity index (χ1v) is 11.6. The quantitative estimate of drug-likeness (QED) is 0.373. The van der Waals surface area contributed by atoms with Gasteiger partial charge in [-0.1, -0.05) is 18.2 Å². The van der Waals surface area contributed by atoms with E-state index in [1.165, 1.54) is 11.8 Å². The van der Waals surface area contributed by atoms with E-state index in [1.54, 1.807) is 0 Å². The first kappa shape index (κ1) is 22.6. The van der Waals surface area contributed by atoms with Crippen LogP contribution in [0.15, 0.2) is 70.4 Å². The van der Waals surface area contributed by atoms with Crippen LogP contribution in [0.25, 0.3) is 11.0 Å². The lowest BCUT2D eigenvalue weighted by atomic mass is 10.1. The number of rotatable bonds is 7. The van der Waals surface area contributed by atoms with Crippen molar-refractivity contribution in [1.82, 2.24) is 9.97 Å². The number of thioether (sulfide) groups is 1. The fourth-order valence-electron chi connectivity index (χ4n) is 3.33. The summed E-state index contributed by atoms with van der Waals surface area (Å²) < 4.78 is 5.58. The average Bonchev–Trinajstić information content (AvgIpc) is 2.79. The molecule has 3 aromatic carbocycles. The van der Waals surface area contributed by atoms with Crippen LogP contribution in [0.1, 0.15) is 22.4 Å². The van der Waals surface area contributed by atoms with Crippen LogP contribution in [0.5, 0.6) is 5.75 Å². The van der Waals surface area contributed by atoms with Crippen LogP contribution in [0.3, 0.4) is 0 Å². The fraction of sp³-hybridized carbons (Fsp3) is 0.192. The molecule has 0 unspecified atom stereocenters. The molecule has 0 saturated heterocycles. The van der Waals surface area contributed by atoms with Crippen molar-refractivity contribution in [3.05, 3.63) is 93.4 Å². The van der Waals surface area contributed by atoms with Crippen molar-refractivity contribution < 1.29 is 9.53 Å². The van der Waals surface area contributed by atoms with Gasteiger partial charge in [0.2, 0.25) is 0 Å². The van der Waals surface area contributed by atoms with Crippen molar-refractivity contribution in [3.8, 4) is 5.75 Å². The molecule has 0 spiro atoms. The summed E-state index contributed by atoms with van der Waals surface area (Å²) in [5.74, 6) is 0.923. The number of benzene rings is 3. The van der Waals surface area contributed by atoms with Crippen LogP contribution in [0, 0.1) is 20.8 Å². The lowest BCUT2D eigenvalue weighted by Crippen LogP contribution is -2.20. The molecule has 0 bridgehead atoms.